The van der Waals surface area contributed by atoms with Crippen molar-refractivity contribution >= 4 is 29.0 Å². The predicted molar refractivity (Wildman–Crippen MR) is 130 cm³/mol. The first-order valence-electron chi connectivity index (χ1n) is 13.0. The quantitative estimate of drug-likeness (QED) is 0.431. The fourth-order valence-corrected chi connectivity index (χ4v) is 6.98. The summed E-state index contributed by atoms with van der Waals surface area (Å²) in [5.41, 5.74) is 2.44. The predicted octanol–water partition coefficient (Wildman–Crippen LogP) is -0.00960. The van der Waals surface area contributed by atoms with E-state index in [1.807, 2.05) is 6.92 Å². The van der Waals surface area contributed by atoms with Crippen molar-refractivity contribution in [3.63, 3.8) is 0 Å². The number of aliphatic hydroxyl groups is 1. The molecular weight excluding hydrogens is 497 g/mol. The van der Waals surface area contributed by atoms with Crippen LogP contribution in [0.4, 0.5) is 4.39 Å². The summed E-state index contributed by atoms with van der Waals surface area (Å²) in [6.07, 6.45) is 1.83. The van der Waals surface area contributed by atoms with Gasteiger partial charge in [-0.3, -0.25) is 33.8 Å². The largest absolute Gasteiger partial charge is 0.507 e. The van der Waals surface area contributed by atoms with Gasteiger partial charge in [0.1, 0.15) is 11.6 Å². The van der Waals surface area contributed by atoms with Gasteiger partial charge < -0.3 is 15.9 Å². The van der Waals surface area contributed by atoms with Gasteiger partial charge in [-0.15, -0.1) is 0 Å². The van der Waals surface area contributed by atoms with Gasteiger partial charge in [0.05, 0.1) is 17.5 Å². The molecule has 4 aliphatic rings. The van der Waals surface area contributed by atoms with E-state index in [1.165, 1.54) is 25.1 Å². The Bertz CT molecular complexity index is 1280. The molecule has 10 nitrogen and oxygen atoms in total. The molecule has 5 rings (SSSR count). The summed E-state index contributed by atoms with van der Waals surface area (Å²) in [6.45, 7) is 2.92. The monoisotopic (exact) mass is 529 g/mol. The third kappa shape index (κ3) is 3.66. The zero-order chi connectivity index (χ0) is 27.8. The second kappa shape index (κ2) is 9.03. The zero-order valence-electron chi connectivity index (χ0n) is 21.6. The van der Waals surface area contributed by atoms with E-state index in [2.05, 4.69) is 4.90 Å². The smallest absolute Gasteiger partial charge is 0.235 e. The van der Waals surface area contributed by atoms with Gasteiger partial charge in [-0.2, -0.15) is 0 Å². The number of benzene rings is 1. The van der Waals surface area contributed by atoms with Gasteiger partial charge in [-0.1, -0.05) is 6.92 Å². The molecule has 1 amide bonds. The van der Waals surface area contributed by atoms with Gasteiger partial charge in [0, 0.05) is 29.6 Å². The molecule has 4 aliphatic carbocycles. The Balaban J connectivity index is 1.58. The summed E-state index contributed by atoms with van der Waals surface area (Å²) >= 11 is 0. The number of carbonyl (C=O) groups is 5. The minimum Gasteiger partial charge on any atom is -0.507 e. The van der Waals surface area contributed by atoms with Crippen LogP contribution in [0.15, 0.2) is 6.07 Å². The summed E-state index contributed by atoms with van der Waals surface area (Å²) in [5.74, 6) is -12.2. The Morgan fingerprint density at radius 2 is 1.84 bits per heavy atom. The van der Waals surface area contributed by atoms with E-state index in [9.17, 15) is 34.2 Å². The molecule has 38 heavy (non-hydrogen) atoms. The molecule has 3 fully saturated rings. The third-order valence-corrected chi connectivity index (χ3v) is 8.91. The number of ketones is 4. The third-order valence-electron chi connectivity index (χ3n) is 8.91. The average Bonchev–Trinajstić information content (AvgIpc) is 3.67. The SMILES string of the molecule is CCN(Cc1cc(O)c2c(c1F)C[C@H]1C[C@H]3[C@H](N(C)C)C(=O)C(C(N)=O)C(=O)[C@@]3(O)C(=O)C1C2=O)C1CC1. The number of nitrogens with zero attached hydrogens (tertiary/aromatic N) is 2. The Labute approximate surface area is 218 Å². The minimum absolute atomic E-state index is 0.00113. The van der Waals surface area contributed by atoms with E-state index in [1.54, 1.807) is 0 Å². The van der Waals surface area contributed by atoms with Crippen LogP contribution in [0.2, 0.25) is 0 Å². The molecule has 3 saturated carbocycles. The topological polar surface area (TPSA) is 158 Å². The van der Waals surface area contributed by atoms with Crippen molar-refractivity contribution in [2.24, 2.45) is 29.4 Å². The van der Waals surface area contributed by atoms with Gasteiger partial charge in [0.2, 0.25) is 5.91 Å². The molecular formula is C27H32FN3O7. The van der Waals surface area contributed by atoms with E-state index in [0.717, 1.165) is 12.8 Å². The molecule has 204 valence electrons. The first-order valence-corrected chi connectivity index (χ1v) is 13.0. The van der Waals surface area contributed by atoms with Gasteiger partial charge in [0.15, 0.2) is 34.7 Å². The van der Waals surface area contributed by atoms with Crippen molar-refractivity contribution in [1.82, 2.24) is 9.80 Å². The Kier molecular flexibility index (Phi) is 6.32. The molecule has 1 aromatic carbocycles. The molecule has 0 bridgehead atoms. The molecule has 0 aromatic heterocycles. The molecule has 0 saturated heterocycles. The van der Waals surface area contributed by atoms with Crippen LogP contribution >= 0.6 is 0 Å². The number of halogens is 1. The normalized spacial score (nSPS) is 32.9. The number of fused-ring (bicyclic) bond motifs is 3. The zero-order valence-corrected chi connectivity index (χ0v) is 21.6. The lowest BCUT2D eigenvalue weighted by Crippen LogP contribution is -2.74. The molecule has 2 unspecified atom stereocenters. The fraction of sp³-hybridized carbons (Fsp3) is 0.593. The lowest BCUT2D eigenvalue weighted by atomic mass is 9.52. The minimum atomic E-state index is -2.79. The molecule has 0 aliphatic heterocycles. The lowest BCUT2D eigenvalue weighted by molar-refractivity contribution is -0.181. The average molecular weight is 530 g/mol. The number of hydrogen-bond donors (Lipinski definition) is 3. The first kappa shape index (κ1) is 26.6. The highest BCUT2D eigenvalue weighted by atomic mass is 19.1. The summed E-state index contributed by atoms with van der Waals surface area (Å²) in [6, 6.07) is 0.362. The molecule has 0 spiro atoms. The van der Waals surface area contributed by atoms with Crippen LogP contribution in [0.1, 0.15) is 47.7 Å². The molecule has 0 radical (unpaired) electrons. The second-order valence-electron chi connectivity index (χ2n) is 11.3. The number of phenols is 1. The number of aromatic hydroxyl groups is 1. The van der Waals surface area contributed by atoms with E-state index in [-0.39, 0.29) is 36.1 Å². The van der Waals surface area contributed by atoms with Crippen molar-refractivity contribution < 1.29 is 38.6 Å². The van der Waals surface area contributed by atoms with Crippen LogP contribution in [0.3, 0.4) is 0 Å². The van der Waals surface area contributed by atoms with Crippen LogP contribution in [-0.4, -0.2) is 87.4 Å². The number of phenolic OH excluding ortho intramolecular Hbond substituents is 1. The number of Topliss-reactive ketones (excluding diaryl/α,β-unsaturated/α-hetero) is 4. The maximum atomic E-state index is 15.8. The van der Waals surface area contributed by atoms with Crippen molar-refractivity contribution in [3.05, 3.63) is 28.6 Å². The Morgan fingerprint density at radius 3 is 2.39 bits per heavy atom. The van der Waals surface area contributed by atoms with Crippen LogP contribution < -0.4 is 5.73 Å². The maximum Gasteiger partial charge on any atom is 0.235 e. The number of likely N-dealkylation sites (N-methyl/N-ethyl adjacent to an activating group) is 1. The van der Waals surface area contributed by atoms with Gasteiger partial charge in [-0.05, 0) is 58.3 Å². The maximum absolute atomic E-state index is 15.8. The number of primary amides is 1. The van der Waals surface area contributed by atoms with Crippen LogP contribution in [-0.2, 0) is 32.1 Å². The number of nitrogens with two attached hydrogens (primary N) is 1. The van der Waals surface area contributed by atoms with Gasteiger partial charge in [-0.25, -0.2) is 4.39 Å². The van der Waals surface area contributed by atoms with Crippen LogP contribution in [0, 0.1) is 29.5 Å². The number of rotatable bonds is 6. The van der Waals surface area contributed by atoms with E-state index >= 15 is 4.39 Å². The Hall–Kier alpha value is -3.02. The van der Waals surface area contributed by atoms with Crippen molar-refractivity contribution in [2.75, 3.05) is 20.6 Å². The van der Waals surface area contributed by atoms with E-state index in [0.29, 0.717) is 12.6 Å². The molecule has 1 aromatic rings. The highest BCUT2D eigenvalue weighted by molar-refractivity contribution is 6.32. The van der Waals surface area contributed by atoms with E-state index in [4.69, 9.17) is 5.73 Å². The van der Waals surface area contributed by atoms with Gasteiger partial charge >= 0.3 is 0 Å². The molecule has 6 atom stereocenters. The van der Waals surface area contributed by atoms with Crippen molar-refractivity contribution in [2.45, 2.75) is 56.8 Å². The molecule has 4 N–H and O–H groups in total. The number of amides is 1. The second-order valence-corrected chi connectivity index (χ2v) is 11.3. The van der Waals surface area contributed by atoms with Crippen LogP contribution in [0.5, 0.6) is 5.75 Å². The number of carbonyl (C=O) groups excluding carboxylic acids is 5. The lowest BCUT2D eigenvalue weighted by Gasteiger charge is -2.52. The van der Waals surface area contributed by atoms with Crippen molar-refractivity contribution in [1.29, 1.82) is 0 Å². The molecule has 11 heteroatoms. The summed E-state index contributed by atoms with van der Waals surface area (Å²) in [5, 5.41) is 22.4. The highest BCUT2D eigenvalue weighted by Gasteiger charge is 2.69. The highest BCUT2D eigenvalue weighted by Crippen LogP contribution is 2.51. The van der Waals surface area contributed by atoms with Crippen LogP contribution in [0.25, 0.3) is 0 Å². The summed E-state index contributed by atoms with van der Waals surface area (Å²) < 4.78 is 15.8. The number of hydrogen-bond acceptors (Lipinski definition) is 9. The fourth-order valence-electron chi connectivity index (χ4n) is 6.98. The standard InChI is InChI=1S/C27H32FN3O7/c1-4-31(13-5-6-13)10-12-9-16(32)18-14(20(12)28)7-11-8-15-21(30(2)3)23(34)19(26(29)37)25(36)27(15,38)24(35)17(11)22(18)33/h9,11,13,15,17,19,21,32,38H,4-8,10H2,1-3H3,(H2,29,37)/t11-,15-,17?,19?,21-,27-/m0/s1. The Morgan fingerprint density at radius 1 is 1.18 bits per heavy atom. The van der Waals surface area contributed by atoms with Gasteiger partial charge in [0.25, 0.3) is 0 Å². The summed E-state index contributed by atoms with van der Waals surface area (Å²) in [4.78, 5) is 69.3. The molecule has 0 heterocycles. The first-order chi connectivity index (χ1) is 17.8. The van der Waals surface area contributed by atoms with E-state index < -0.39 is 75.9 Å². The summed E-state index contributed by atoms with van der Waals surface area (Å²) in [7, 11) is 3.02. The van der Waals surface area contributed by atoms with Crippen molar-refractivity contribution in [3.8, 4) is 5.75 Å².